The molecule has 0 bridgehead atoms. The minimum Gasteiger partial charge on any atom is -0.490 e. The molecule has 0 atom stereocenters. The van der Waals surface area contributed by atoms with Gasteiger partial charge in [-0.2, -0.15) is 0 Å². The van der Waals surface area contributed by atoms with Gasteiger partial charge in [0, 0.05) is 6.20 Å². The molecular formula is C26H39N3O2. The lowest BCUT2D eigenvalue weighted by atomic mass is 10.1. The Bertz CT molecular complexity index is 732. The second-order valence-electron chi connectivity index (χ2n) is 8.71. The van der Waals surface area contributed by atoms with E-state index in [1.807, 2.05) is 12.1 Å². The van der Waals surface area contributed by atoms with E-state index in [0.29, 0.717) is 18.3 Å². The van der Waals surface area contributed by atoms with E-state index in [1.165, 1.54) is 70.6 Å². The van der Waals surface area contributed by atoms with Gasteiger partial charge in [0.15, 0.2) is 11.6 Å². The third kappa shape index (κ3) is 9.24. The van der Waals surface area contributed by atoms with Crippen LogP contribution in [-0.4, -0.2) is 28.2 Å². The molecule has 0 amide bonds. The zero-order chi connectivity index (χ0) is 21.6. The highest BCUT2D eigenvalue weighted by Gasteiger charge is 2.19. The molecule has 0 radical (unpaired) electrons. The van der Waals surface area contributed by atoms with Crippen LogP contribution >= 0.6 is 0 Å². The first-order valence-electron chi connectivity index (χ1n) is 12.4. The largest absolute Gasteiger partial charge is 0.490 e. The third-order valence-corrected chi connectivity index (χ3v) is 5.85. The molecule has 2 heterocycles. The van der Waals surface area contributed by atoms with Crippen molar-refractivity contribution in [3.63, 3.8) is 0 Å². The van der Waals surface area contributed by atoms with Gasteiger partial charge in [-0.15, -0.1) is 0 Å². The summed E-state index contributed by atoms with van der Waals surface area (Å²) < 4.78 is 11.7. The fraction of sp³-hybridized carbons (Fsp3) is 0.654. The van der Waals surface area contributed by atoms with Gasteiger partial charge >= 0.3 is 0 Å². The first-order valence-corrected chi connectivity index (χ1v) is 12.4. The molecule has 0 spiro atoms. The van der Waals surface area contributed by atoms with Gasteiger partial charge < -0.3 is 9.47 Å². The predicted molar refractivity (Wildman–Crippen MR) is 125 cm³/mol. The van der Waals surface area contributed by atoms with Crippen LogP contribution in [-0.2, 0) is 0 Å². The Morgan fingerprint density at radius 1 is 0.806 bits per heavy atom. The summed E-state index contributed by atoms with van der Waals surface area (Å²) in [6.07, 6.45) is 22.2. The Balaban J connectivity index is 1.33. The summed E-state index contributed by atoms with van der Waals surface area (Å²) in [4.78, 5) is 13.3. The average Bonchev–Trinajstić information content (AvgIpc) is 3.63. The lowest BCUT2D eigenvalue weighted by molar-refractivity contribution is 0.294. The van der Waals surface area contributed by atoms with Crippen molar-refractivity contribution in [2.24, 2.45) is 5.92 Å². The maximum absolute atomic E-state index is 5.89. The second-order valence-corrected chi connectivity index (χ2v) is 8.71. The number of ether oxygens (including phenoxy) is 2. The Morgan fingerprint density at radius 3 is 2.23 bits per heavy atom. The maximum Gasteiger partial charge on any atom is 0.224 e. The number of rotatable bonds is 17. The molecule has 0 unspecified atom stereocenters. The minimum absolute atomic E-state index is 0.602. The van der Waals surface area contributed by atoms with Crippen molar-refractivity contribution in [2.75, 3.05) is 13.2 Å². The van der Waals surface area contributed by atoms with Gasteiger partial charge in [0.1, 0.15) is 0 Å². The van der Waals surface area contributed by atoms with Crippen molar-refractivity contribution in [3.05, 3.63) is 30.7 Å². The topological polar surface area (TPSA) is 57.1 Å². The van der Waals surface area contributed by atoms with E-state index in [9.17, 15) is 0 Å². The molecule has 3 rings (SSSR count). The van der Waals surface area contributed by atoms with E-state index in [0.717, 1.165) is 36.7 Å². The van der Waals surface area contributed by atoms with Crippen molar-refractivity contribution in [2.45, 2.75) is 90.4 Å². The zero-order valence-corrected chi connectivity index (χ0v) is 19.2. The number of hydrogen-bond acceptors (Lipinski definition) is 5. The fourth-order valence-corrected chi connectivity index (χ4v) is 3.74. The van der Waals surface area contributed by atoms with Crippen LogP contribution in [0.3, 0.4) is 0 Å². The Kier molecular flexibility index (Phi) is 10.6. The molecule has 1 fully saturated rings. The summed E-state index contributed by atoms with van der Waals surface area (Å²) in [6, 6.07) is 3.84. The molecule has 0 aliphatic heterocycles. The molecular weight excluding hydrogens is 386 g/mol. The Labute approximate surface area is 188 Å². The van der Waals surface area contributed by atoms with Crippen LogP contribution in [0.5, 0.6) is 11.6 Å². The van der Waals surface area contributed by atoms with Crippen LogP contribution in [0.2, 0.25) is 0 Å². The summed E-state index contributed by atoms with van der Waals surface area (Å²) >= 11 is 0. The molecule has 2 aromatic rings. The molecule has 170 valence electrons. The molecule has 5 nitrogen and oxygen atoms in total. The number of nitrogens with zero attached hydrogens (tertiary/aromatic N) is 3. The minimum atomic E-state index is 0.602. The molecule has 0 saturated heterocycles. The highest BCUT2D eigenvalue weighted by Crippen LogP contribution is 2.34. The number of aromatic nitrogens is 3. The number of hydrogen-bond donors (Lipinski definition) is 0. The monoisotopic (exact) mass is 425 g/mol. The van der Waals surface area contributed by atoms with Gasteiger partial charge in [-0.1, -0.05) is 77.6 Å². The van der Waals surface area contributed by atoms with Gasteiger partial charge in [0.25, 0.3) is 0 Å². The van der Waals surface area contributed by atoms with E-state index < -0.39 is 0 Å². The normalized spacial score (nSPS) is 13.3. The summed E-state index contributed by atoms with van der Waals surface area (Å²) in [5.41, 5.74) is 0.825. The van der Waals surface area contributed by atoms with Crippen molar-refractivity contribution >= 4 is 0 Å². The van der Waals surface area contributed by atoms with Gasteiger partial charge in [-0.05, 0) is 30.9 Å². The smallest absolute Gasteiger partial charge is 0.224 e. The van der Waals surface area contributed by atoms with Crippen LogP contribution in [0, 0.1) is 5.92 Å². The Morgan fingerprint density at radius 2 is 1.48 bits per heavy atom. The predicted octanol–water partition coefficient (Wildman–Crippen LogP) is 7.02. The second kappa shape index (κ2) is 14.0. The highest BCUT2D eigenvalue weighted by atomic mass is 16.5. The SMILES string of the molecule is CCCCCCOc1ncccc1-c1ncc(OCCCCCCCCC2CC2)cn1. The summed E-state index contributed by atoms with van der Waals surface area (Å²) in [5.74, 6) is 3.02. The lowest BCUT2D eigenvalue weighted by Gasteiger charge is -2.10. The summed E-state index contributed by atoms with van der Waals surface area (Å²) in [7, 11) is 0. The van der Waals surface area contributed by atoms with E-state index >= 15 is 0 Å². The molecule has 0 aromatic carbocycles. The van der Waals surface area contributed by atoms with E-state index in [-0.39, 0.29) is 0 Å². The van der Waals surface area contributed by atoms with Gasteiger partial charge in [-0.25, -0.2) is 15.0 Å². The van der Waals surface area contributed by atoms with Crippen molar-refractivity contribution < 1.29 is 9.47 Å². The van der Waals surface area contributed by atoms with Crippen LogP contribution < -0.4 is 9.47 Å². The first-order chi connectivity index (χ1) is 15.4. The first kappa shape index (κ1) is 23.5. The van der Waals surface area contributed by atoms with Crippen LogP contribution in [0.15, 0.2) is 30.7 Å². The zero-order valence-electron chi connectivity index (χ0n) is 19.2. The average molecular weight is 426 g/mol. The number of pyridine rings is 1. The molecule has 1 aliphatic carbocycles. The van der Waals surface area contributed by atoms with Crippen molar-refractivity contribution in [3.8, 4) is 23.0 Å². The summed E-state index contributed by atoms with van der Waals surface area (Å²) in [6.45, 7) is 3.61. The van der Waals surface area contributed by atoms with Crippen LogP contribution in [0.25, 0.3) is 11.4 Å². The van der Waals surface area contributed by atoms with E-state index in [1.54, 1.807) is 18.6 Å². The van der Waals surface area contributed by atoms with Gasteiger partial charge in [-0.3, -0.25) is 0 Å². The van der Waals surface area contributed by atoms with Crippen molar-refractivity contribution in [1.82, 2.24) is 15.0 Å². The molecule has 1 saturated carbocycles. The van der Waals surface area contributed by atoms with E-state index in [2.05, 4.69) is 21.9 Å². The standard InChI is InChI=1S/C26H39N3O2/c1-2-3-4-10-19-31-26-24(14-12-17-27-26)25-28-20-23(21-29-25)30-18-11-8-6-5-7-9-13-22-15-16-22/h12,14,17,20-22H,2-11,13,15-16,18-19H2,1H3. The van der Waals surface area contributed by atoms with Crippen molar-refractivity contribution in [1.29, 1.82) is 0 Å². The van der Waals surface area contributed by atoms with Crippen LogP contribution in [0.1, 0.15) is 90.4 Å². The van der Waals surface area contributed by atoms with Crippen LogP contribution in [0.4, 0.5) is 0 Å². The van der Waals surface area contributed by atoms with Gasteiger partial charge in [0.2, 0.25) is 5.88 Å². The fourth-order valence-electron chi connectivity index (χ4n) is 3.74. The third-order valence-electron chi connectivity index (χ3n) is 5.85. The number of unbranched alkanes of at least 4 members (excludes halogenated alkanes) is 8. The molecule has 2 aromatic heterocycles. The van der Waals surface area contributed by atoms with E-state index in [4.69, 9.17) is 9.47 Å². The molecule has 5 heteroatoms. The Hall–Kier alpha value is -2.17. The van der Waals surface area contributed by atoms with Gasteiger partial charge in [0.05, 0.1) is 31.2 Å². The summed E-state index contributed by atoms with van der Waals surface area (Å²) in [5, 5.41) is 0. The maximum atomic E-state index is 5.89. The molecule has 0 N–H and O–H groups in total. The quantitative estimate of drug-likeness (QED) is 0.255. The molecule has 1 aliphatic rings. The highest BCUT2D eigenvalue weighted by molar-refractivity contribution is 5.61. The molecule has 31 heavy (non-hydrogen) atoms. The lowest BCUT2D eigenvalue weighted by Crippen LogP contribution is -2.02.